The van der Waals surface area contributed by atoms with Crippen molar-refractivity contribution in [3.05, 3.63) is 17.7 Å². The first-order chi connectivity index (χ1) is 7.00. The third-order valence-corrected chi connectivity index (χ3v) is 2.44. The van der Waals surface area contributed by atoms with Crippen LogP contribution in [0.15, 0.2) is 12.1 Å². The first-order valence-corrected chi connectivity index (χ1v) is 4.42. The second kappa shape index (κ2) is 3.12. The fourth-order valence-electron chi connectivity index (χ4n) is 1.65. The van der Waals surface area contributed by atoms with Crippen LogP contribution in [0, 0.1) is 0 Å². The first kappa shape index (κ1) is 9.76. The van der Waals surface area contributed by atoms with Gasteiger partial charge in [-0.25, -0.2) is 9.18 Å². The van der Waals surface area contributed by atoms with Gasteiger partial charge in [0.2, 0.25) is 6.17 Å². The zero-order valence-electron chi connectivity index (χ0n) is 7.90. The van der Waals surface area contributed by atoms with Crippen LogP contribution in [0.3, 0.4) is 0 Å². The summed E-state index contributed by atoms with van der Waals surface area (Å²) in [7, 11) is 0. The fourth-order valence-corrected chi connectivity index (χ4v) is 1.65. The van der Waals surface area contributed by atoms with Crippen LogP contribution in [0.2, 0.25) is 0 Å². The van der Waals surface area contributed by atoms with E-state index < -0.39 is 18.1 Å². The average molecular weight is 212 g/mol. The van der Waals surface area contributed by atoms with Crippen molar-refractivity contribution < 1.29 is 24.1 Å². The standard InChI is InChI=1S/C10H9FO4/c1-4-8-6(13)2-5(12)3-7(8)15-10(14)9(4)11/h2-4,9,12-13H,1H3. The maximum atomic E-state index is 13.3. The SMILES string of the molecule is CC1c2c(O)cc(O)cc2OC(=O)C1F. The van der Waals surface area contributed by atoms with Crippen LogP contribution in [-0.2, 0) is 4.79 Å². The number of hydrogen-bond donors (Lipinski definition) is 2. The topological polar surface area (TPSA) is 66.8 Å². The molecule has 0 aliphatic carbocycles. The number of rotatable bonds is 0. The molecule has 15 heavy (non-hydrogen) atoms. The van der Waals surface area contributed by atoms with Crippen LogP contribution in [0.25, 0.3) is 0 Å². The van der Waals surface area contributed by atoms with Crippen molar-refractivity contribution in [3.63, 3.8) is 0 Å². The number of phenols is 2. The Labute approximate surface area is 84.9 Å². The lowest BCUT2D eigenvalue weighted by Crippen LogP contribution is -2.31. The van der Waals surface area contributed by atoms with Crippen molar-refractivity contribution >= 4 is 5.97 Å². The number of benzene rings is 1. The molecule has 80 valence electrons. The molecule has 0 amide bonds. The van der Waals surface area contributed by atoms with Gasteiger partial charge in [-0.05, 0) is 0 Å². The molecule has 1 aliphatic heterocycles. The molecule has 0 fully saturated rings. The Kier molecular flexibility index (Phi) is 2.03. The summed E-state index contributed by atoms with van der Waals surface area (Å²) in [4.78, 5) is 11.0. The number of halogens is 1. The van der Waals surface area contributed by atoms with Crippen molar-refractivity contribution in [2.45, 2.75) is 19.0 Å². The number of aromatic hydroxyl groups is 2. The number of ether oxygens (including phenoxy) is 1. The largest absolute Gasteiger partial charge is 0.508 e. The van der Waals surface area contributed by atoms with Crippen LogP contribution < -0.4 is 4.74 Å². The maximum absolute atomic E-state index is 13.3. The zero-order chi connectivity index (χ0) is 11.2. The Morgan fingerprint density at radius 1 is 1.40 bits per heavy atom. The molecule has 0 aromatic heterocycles. The van der Waals surface area contributed by atoms with Gasteiger partial charge in [-0.2, -0.15) is 0 Å². The highest BCUT2D eigenvalue weighted by atomic mass is 19.1. The summed E-state index contributed by atoms with van der Waals surface area (Å²) in [6, 6.07) is 2.26. The number of phenolic OH excluding ortho intramolecular Hbond substituents is 2. The zero-order valence-corrected chi connectivity index (χ0v) is 7.90. The predicted molar refractivity (Wildman–Crippen MR) is 48.7 cm³/mol. The minimum Gasteiger partial charge on any atom is -0.508 e. The van der Waals surface area contributed by atoms with Gasteiger partial charge >= 0.3 is 5.97 Å². The van der Waals surface area contributed by atoms with Crippen LogP contribution in [0.5, 0.6) is 17.2 Å². The maximum Gasteiger partial charge on any atom is 0.346 e. The molecule has 1 heterocycles. The van der Waals surface area contributed by atoms with E-state index in [0.717, 1.165) is 6.07 Å². The molecule has 1 aromatic carbocycles. The molecular formula is C10H9FO4. The summed E-state index contributed by atoms with van der Waals surface area (Å²) in [6.45, 7) is 1.47. The van der Waals surface area contributed by atoms with Crippen molar-refractivity contribution in [2.75, 3.05) is 0 Å². The Morgan fingerprint density at radius 3 is 2.73 bits per heavy atom. The molecule has 2 N–H and O–H groups in total. The summed E-state index contributed by atoms with van der Waals surface area (Å²) in [5.41, 5.74) is 0.208. The third-order valence-electron chi connectivity index (χ3n) is 2.44. The van der Waals surface area contributed by atoms with E-state index in [1.165, 1.54) is 13.0 Å². The van der Waals surface area contributed by atoms with E-state index in [2.05, 4.69) is 4.74 Å². The van der Waals surface area contributed by atoms with E-state index in [-0.39, 0.29) is 22.8 Å². The highest BCUT2D eigenvalue weighted by Gasteiger charge is 2.37. The van der Waals surface area contributed by atoms with Gasteiger partial charge in [0.05, 0.1) is 0 Å². The van der Waals surface area contributed by atoms with Crippen LogP contribution in [0.4, 0.5) is 4.39 Å². The molecule has 0 spiro atoms. The van der Waals surface area contributed by atoms with E-state index in [4.69, 9.17) is 5.11 Å². The highest BCUT2D eigenvalue weighted by Crippen LogP contribution is 2.43. The smallest absolute Gasteiger partial charge is 0.346 e. The van der Waals surface area contributed by atoms with Gasteiger partial charge in [-0.1, -0.05) is 6.92 Å². The lowest BCUT2D eigenvalue weighted by atomic mass is 9.92. The van der Waals surface area contributed by atoms with E-state index in [9.17, 15) is 14.3 Å². The van der Waals surface area contributed by atoms with Gasteiger partial charge in [-0.15, -0.1) is 0 Å². The second-order valence-corrected chi connectivity index (χ2v) is 3.49. The molecule has 2 unspecified atom stereocenters. The second-order valence-electron chi connectivity index (χ2n) is 3.49. The van der Waals surface area contributed by atoms with Gasteiger partial charge in [0.15, 0.2) is 0 Å². The number of hydrogen-bond acceptors (Lipinski definition) is 4. The Balaban J connectivity index is 2.60. The minimum absolute atomic E-state index is 0.0129. The van der Waals surface area contributed by atoms with Gasteiger partial charge in [-0.3, -0.25) is 0 Å². The van der Waals surface area contributed by atoms with E-state index in [1.807, 2.05) is 0 Å². The number of fused-ring (bicyclic) bond motifs is 1. The molecule has 4 nitrogen and oxygen atoms in total. The molecule has 0 saturated heterocycles. The third kappa shape index (κ3) is 1.40. The molecule has 1 aliphatic rings. The van der Waals surface area contributed by atoms with E-state index in [0.29, 0.717) is 0 Å². The number of esters is 1. The summed E-state index contributed by atoms with van der Waals surface area (Å²) in [6.07, 6.45) is -1.78. The lowest BCUT2D eigenvalue weighted by molar-refractivity contribution is -0.142. The number of carbonyl (C=O) groups is 1. The minimum atomic E-state index is -1.78. The first-order valence-electron chi connectivity index (χ1n) is 4.42. The number of alkyl halides is 1. The monoisotopic (exact) mass is 212 g/mol. The van der Waals surface area contributed by atoms with Gasteiger partial charge < -0.3 is 14.9 Å². The molecule has 0 bridgehead atoms. The molecular weight excluding hydrogens is 203 g/mol. The summed E-state index contributed by atoms with van der Waals surface area (Å²) in [5.74, 6) is -2.27. The summed E-state index contributed by atoms with van der Waals surface area (Å²) < 4.78 is 17.9. The Morgan fingerprint density at radius 2 is 2.07 bits per heavy atom. The molecule has 1 aromatic rings. The Bertz CT molecular complexity index is 430. The quantitative estimate of drug-likeness (QED) is 0.504. The van der Waals surface area contributed by atoms with Crippen LogP contribution in [-0.4, -0.2) is 22.4 Å². The highest BCUT2D eigenvalue weighted by molar-refractivity contribution is 5.82. The average Bonchev–Trinajstić information content (AvgIpc) is 2.13. The van der Waals surface area contributed by atoms with Gasteiger partial charge in [0.1, 0.15) is 17.2 Å². The van der Waals surface area contributed by atoms with Crippen molar-refractivity contribution in [1.29, 1.82) is 0 Å². The number of carbonyl (C=O) groups excluding carboxylic acids is 1. The predicted octanol–water partition coefficient (Wildman–Crippen LogP) is 1.46. The van der Waals surface area contributed by atoms with Gasteiger partial charge in [0.25, 0.3) is 0 Å². The molecule has 2 atom stereocenters. The van der Waals surface area contributed by atoms with Crippen LogP contribution in [0.1, 0.15) is 18.4 Å². The van der Waals surface area contributed by atoms with Crippen molar-refractivity contribution in [2.24, 2.45) is 0 Å². The molecule has 2 rings (SSSR count). The fraction of sp³-hybridized carbons (Fsp3) is 0.300. The normalized spacial score (nSPS) is 24.5. The van der Waals surface area contributed by atoms with E-state index in [1.54, 1.807) is 0 Å². The molecule has 0 saturated carbocycles. The summed E-state index contributed by atoms with van der Waals surface area (Å²) >= 11 is 0. The summed E-state index contributed by atoms with van der Waals surface area (Å²) in [5, 5.41) is 18.7. The van der Waals surface area contributed by atoms with Crippen molar-refractivity contribution in [3.8, 4) is 17.2 Å². The molecule has 0 radical (unpaired) electrons. The Hall–Kier alpha value is -1.78. The lowest BCUT2D eigenvalue weighted by Gasteiger charge is -2.25. The van der Waals surface area contributed by atoms with Crippen molar-refractivity contribution in [1.82, 2.24) is 0 Å². The van der Waals surface area contributed by atoms with Crippen LogP contribution >= 0.6 is 0 Å². The van der Waals surface area contributed by atoms with E-state index >= 15 is 0 Å². The van der Waals surface area contributed by atoms with Gasteiger partial charge in [0, 0.05) is 23.6 Å². The molecule has 5 heteroatoms.